The third-order valence-electron chi connectivity index (χ3n) is 2.41. The number of nitrogens with zero attached hydrogens (tertiary/aromatic N) is 1. The molecule has 0 heterocycles. The Morgan fingerprint density at radius 2 is 2.31 bits per heavy atom. The van der Waals surface area contributed by atoms with Gasteiger partial charge in [0.1, 0.15) is 5.92 Å². The number of nitriles is 1. The van der Waals surface area contributed by atoms with E-state index in [4.69, 9.17) is 5.26 Å². The maximum absolute atomic E-state index is 11.7. The van der Waals surface area contributed by atoms with Gasteiger partial charge in [0.05, 0.1) is 6.07 Å². The van der Waals surface area contributed by atoms with Gasteiger partial charge in [-0.1, -0.05) is 28.9 Å². The molecule has 1 N–H and O–H groups in total. The minimum atomic E-state index is -0.585. The molecule has 1 aromatic carbocycles. The van der Waals surface area contributed by atoms with Crippen molar-refractivity contribution in [2.24, 2.45) is 5.92 Å². The van der Waals surface area contributed by atoms with Gasteiger partial charge in [-0.15, -0.1) is 0 Å². The molecule has 1 rings (SSSR count). The van der Waals surface area contributed by atoms with Gasteiger partial charge >= 0.3 is 0 Å². The Labute approximate surface area is 104 Å². The Hall–Kier alpha value is -1.34. The number of carbonyl (C=O) groups is 1. The highest BCUT2D eigenvalue weighted by Crippen LogP contribution is 2.23. The average Bonchev–Trinajstić information content (AvgIpc) is 2.26. The van der Waals surface area contributed by atoms with Crippen LogP contribution in [0.4, 0.5) is 5.69 Å². The summed E-state index contributed by atoms with van der Waals surface area (Å²) in [5.41, 5.74) is 1.71. The van der Waals surface area contributed by atoms with E-state index >= 15 is 0 Å². The molecule has 16 heavy (non-hydrogen) atoms. The van der Waals surface area contributed by atoms with Crippen LogP contribution in [0.3, 0.4) is 0 Å². The number of benzene rings is 1. The molecule has 0 aliphatic rings. The van der Waals surface area contributed by atoms with E-state index in [2.05, 4.69) is 21.2 Å². The van der Waals surface area contributed by atoms with Crippen molar-refractivity contribution in [3.63, 3.8) is 0 Å². The van der Waals surface area contributed by atoms with Crippen molar-refractivity contribution in [3.05, 3.63) is 28.2 Å². The third kappa shape index (κ3) is 2.83. The largest absolute Gasteiger partial charge is 0.325 e. The maximum atomic E-state index is 11.7. The fourth-order valence-corrected chi connectivity index (χ4v) is 1.66. The zero-order valence-electron chi connectivity index (χ0n) is 9.25. The zero-order valence-corrected chi connectivity index (χ0v) is 10.8. The number of rotatable bonds is 3. The molecule has 0 radical (unpaired) electrons. The van der Waals surface area contributed by atoms with Crippen molar-refractivity contribution in [2.75, 3.05) is 5.32 Å². The second kappa shape index (κ2) is 5.66. The van der Waals surface area contributed by atoms with E-state index in [-0.39, 0.29) is 5.91 Å². The molecule has 0 saturated carbocycles. The number of carbonyl (C=O) groups excluding carboxylic acids is 1. The van der Waals surface area contributed by atoms with Gasteiger partial charge < -0.3 is 5.32 Å². The van der Waals surface area contributed by atoms with Gasteiger partial charge in [0.15, 0.2) is 0 Å². The molecule has 84 valence electrons. The summed E-state index contributed by atoms with van der Waals surface area (Å²) in [7, 11) is 0. The van der Waals surface area contributed by atoms with Crippen LogP contribution in [0.25, 0.3) is 0 Å². The third-order valence-corrected chi connectivity index (χ3v) is 3.27. The van der Waals surface area contributed by atoms with E-state index < -0.39 is 5.92 Å². The first-order valence-electron chi connectivity index (χ1n) is 5.05. The highest BCUT2D eigenvalue weighted by Gasteiger charge is 2.16. The summed E-state index contributed by atoms with van der Waals surface area (Å²) in [6.45, 7) is 3.73. The number of hydrogen-bond donors (Lipinski definition) is 1. The van der Waals surface area contributed by atoms with Crippen molar-refractivity contribution >= 4 is 27.5 Å². The molecule has 4 heteroatoms. The fraction of sp³-hybridized carbons (Fsp3) is 0.333. The Kier molecular flexibility index (Phi) is 4.51. The van der Waals surface area contributed by atoms with Crippen LogP contribution in [-0.4, -0.2) is 5.91 Å². The highest BCUT2D eigenvalue weighted by atomic mass is 79.9. The Bertz CT molecular complexity index is 437. The molecule has 1 unspecified atom stereocenters. The summed E-state index contributed by atoms with van der Waals surface area (Å²) in [5.74, 6) is -0.829. The van der Waals surface area contributed by atoms with Crippen LogP contribution >= 0.6 is 15.9 Å². The minimum absolute atomic E-state index is 0.244. The second-order valence-electron chi connectivity index (χ2n) is 3.49. The lowest BCUT2D eigenvalue weighted by molar-refractivity contribution is -0.118. The van der Waals surface area contributed by atoms with Crippen LogP contribution in [0.1, 0.15) is 18.9 Å². The average molecular weight is 281 g/mol. The molecule has 1 amide bonds. The molecule has 0 aliphatic heterocycles. The molecular formula is C12H13BrN2O. The Balaban J connectivity index is 2.86. The summed E-state index contributed by atoms with van der Waals surface area (Å²) >= 11 is 3.39. The molecule has 1 atom stereocenters. The van der Waals surface area contributed by atoms with Gasteiger partial charge in [-0.3, -0.25) is 4.79 Å². The molecule has 0 aromatic heterocycles. The fourth-order valence-electron chi connectivity index (χ4n) is 1.30. The predicted octanol–water partition coefficient (Wildman–Crippen LogP) is 3.25. The number of nitrogens with one attached hydrogen (secondary N) is 1. The molecule has 0 saturated heterocycles. The summed E-state index contributed by atoms with van der Waals surface area (Å²) in [5, 5.41) is 11.5. The van der Waals surface area contributed by atoms with Crippen LogP contribution in [0.15, 0.2) is 22.7 Å². The number of hydrogen-bond acceptors (Lipinski definition) is 2. The van der Waals surface area contributed by atoms with Crippen molar-refractivity contribution in [2.45, 2.75) is 20.3 Å². The van der Waals surface area contributed by atoms with E-state index in [1.54, 1.807) is 0 Å². The van der Waals surface area contributed by atoms with Gasteiger partial charge in [-0.2, -0.15) is 5.26 Å². The summed E-state index contributed by atoms with van der Waals surface area (Å²) in [6, 6.07) is 7.56. The summed E-state index contributed by atoms with van der Waals surface area (Å²) in [4.78, 5) is 11.7. The Morgan fingerprint density at radius 3 is 2.88 bits per heavy atom. The van der Waals surface area contributed by atoms with Crippen LogP contribution in [0.2, 0.25) is 0 Å². The van der Waals surface area contributed by atoms with Gasteiger partial charge in [0.2, 0.25) is 5.91 Å². The minimum Gasteiger partial charge on any atom is -0.325 e. The Morgan fingerprint density at radius 1 is 1.62 bits per heavy atom. The first kappa shape index (κ1) is 12.7. The topological polar surface area (TPSA) is 52.9 Å². The lowest BCUT2D eigenvalue weighted by Gasteiger charge is -2.11. The van der Waals surface area contributed by atoms with E-state index in [9.17, 15) is 4.79 Å². The second-order valence-corrected chi connectivity index (χ2v) is 4.35. The van der Waals surface area contributed by atoms with Crippen LogP contribution in [-0.2, 0) is 4.79 Å². The quantitative estimate of drug-likeness (QED) is 0.924. The van der Waals surface area contributed by atoms with Gasteiger partial charge in [-0.05, 0) is 31.0 Å². The number of anilines is 1. The van der Waals surface area contributed by atoms with E-state index in [0.717, 1.165) is 15.7 Å². The van der Waals surface area contributed by atoms with Gasteiger partial charge in [-0.25, -0.2) is 0 Å². The lowest BCUT2D eigenvalue weighted by Crippen LogP contribution is -2.21. The normalized spacial score (nSPS) is 11.6. The van der Waals surface area contributed by atoms with Crippen LogP contribution in [0.5, 0.6) is 0 Å². The number of amides is 1. The summed E-state index contributed by atoms with van der Waals surface area (Å²) in [6.07, 6.45) is 0.523. The SMILES string of the molecule is CCC(C#N)C(=O)Nc1cccc(Br)c1C. The van der Waals surface area contributed by atoms with Crippen molar-refractivity contribution < 1.29 is 4.79 Å². The molecule has 0 fully saturated rings. The van der Waals surface area contributed by atoms with Gasteiger partial charge in [0.25, 0.3) is 0 Å². The molecule has 0 aliphatic carbocycles. The predicted molar refractivity (Wildman–Crippen MR) is 66.9 cm³/mol. The first-order valence-corrected chi connectivity index (χ1v) is 5.85. The monoisotopic (exact) mass is 280 g/mol. The first-order chi connectivity index (χ1) is 7.60. The summed E-state index contributed by atoms with van der Waals surface area (Å²) < 4.78 is 0.940. The van der Waals surface area contributed by atoms with Crippen molar-refractivity contribution in [1.29, 1.82) is 5.26 Å². The van der Waals surface area contributed by atoms with Crippen LogP contribution in [0, 0.1) is 24.2 Å². The smallest absolute Gasteiger partial charge is 0.241 e. The van der Waals surface area contributed by atoms with Crippen molar-refractivity contribution in [1.82, 2.24) is 0 Å². The van der Waals surface area contributed by atoms with E-state index in [0.29, 0.717) is 6.42 Å². The molecule has 1 aromatic rings. The molecule has 3 nitrogen and oxygen atoms in total. The van der Waals surface area contributed by atoms with Crippen LogP contribution < -0.4 is 5.32 Å². The maximum Gasteiger partial charge on any atom is 0.241 e. The van der Waals surface area contributed by atoms with E-state index in [1.807, 2.05) is 38.1 Å². The lowest BCUT2D eigenvalue weighted by atomic mass is 10.1. The number of halogens is 1. The van der Waals surface area contributed by atoms with Gasteiger partial charge in [0, 0.05) is 10.2 Å². The molecular weight excluding hydrogens is 268 g/mol. The standard InChI is InChI=1S/C12H13BrN2O/c1-3-9(7-14)12(16)15-11-6-4-5-10(13)8(11)2/h4-6,9H,3H2,1-2H3,(H,15,16). The van der Waals surface area contributed by atoms with E-state index in [1.165, 1.54) is 0 Å². The molecule has 0 spiro atoms. The molecule has 0 bridgehead atoms. The van der Waals surface area contributed by atoms with Crippen molar-refractivity contribution in [3.8, 4) is 6.07 Å². The zero-order chi connectivity index (χ0) is 12.1. The highest BCUT2D eigenvalue weighted by molar-refractivity contribution is 9.10.